The van der Waals surface area contributed by atoms with Crippen LogP contribution in [0.2, 0.25) is 0 Å². The van der Waals surface area contributed by atoms with Gasteiger partial charge in [0.1, 0.15) is 11.6 Å². The SMILES string of the molecule is CN=C(NCc1ccc(-n2ccnc2C)nc1)NCC(C)Sc1ccccc1.I. The number of aliphatic imine (C=N–C) groups is 1. The Balaban J connectivity index is 0.00000300. The van der Waals surface area contributed by atoms with E-state index in [-0.39, 0.29) is 24.0 Å². The molecule has 0 aliphatic heterocycles. The maximum atomic E-state index is 4.53. The Morgan fingerprint density at radius 3 is 2.55 bits per heavy atom. The number of benzene rings is 1. The molecule has 8 heteroatoms. The fourth-order valence-electron chi connectivity index (χ4n) is 2.70. The van der Waals surface area contributed by atoms with Gasteiger partial charge < -0.3 is 10.6 Å². The van der Waals surface area contributed by atoms with Gasteiger partial charge in [-0.15, -0.1) is 35.7 Å². The predicted molar refractivity (Wildman–Crippen MR) is 131 cm³/mol. The van der Waals surface area contributed by atoms with E-state index in [0.717, 1.165) is 29.7 Å². The quantitative estimate of drug-likeness (QED) is 0.212. The van der Waals surface area contributed by atoms with Crippen LogP contribution >= 0.6 is 35.7 Å². The molecule has 0 saturated carbocycles. The molecule has 0 saturated heterocycles. The third-order valence-corrected chi connectivity index (χ3v) is 5.32. The van der Waals surface area contributed by atoms with Crippen LogP contribution in [-0.2, 0) is 6.54 Å². The molecule has 154 valence electrons. The Morgan fingerprint density at radius 2 is 1.93 bits per heavy atom. The first kappa shape index (κ1) is 23.2. The minimum Gasteiger partial charge on any atom is -0.355 e. The van der Waals surface area contributed by atoms with E-state index in [4.69, 9.17) is 0 Å². The molecular weight excluding hydrogens is 495 g/mol. The largest absolute Gasteiger partial charge is 0.355 e. The number of hydrogen-bond acceptors (Lipinski definition) is 4. The van der Waals surface area contributed by atoms with Gasteiger partial charge in [0, 0.05) is 48.9 Å². The Bertz CT molecular complexity index is 895. The highest BCUT2D eigenvalue weighted by Gasteiger charge is 2.06. The van der Waals surface area contributed by atoms with Crippen molar-refractivity contribution < 1.29 is 0 Å². The van der Waals surface area contributed by atoms with E-state index in [0.29, 0.717) is 11.8 Å². The molecule has 1 unspecified atom stereocenters. The number of aryl methyl sites for hydroxylation is 1. The van der Waals surface area contributed by atoms with Gasteiger partial charge in [-0.25, -0.2) is 9.97 Å². The molecule has 0 spiro atoms. The molecule has 3 rings (SSSR count). The summed E-state index contributed by atoms with van der Waals surface area (Å²) < 4.78 is 1.96. The van der Waals surface area contributed by atoms with Crippen molar-refractivity contribution in [2.24, 2.45) is 4.99 Å². The zero-order chi connectivity index (χ0) is 19.8. The van der Waals surface area contributed by atoms with E-state index in [1.54, 1.807) is 13.2 Å². The molecule has 6 nitrogen and oxygen atoms in total. The third-order valence-electron chi connectivity index (χ3n) is 4.20. The average molecular weight is 522 g/mol. The number of halogens is 1. The number of rotatable bonds is 7. The average Bonchev–Trinajstić information content (AvgIpc) is 3.15. The van der Waals surface area contributed by atoms with Gasteiger partial charge in [-0.3, -0.25) is 9.56 Å². The second-order valence-corrected chi connectivity index (χ2v) is 7.93. The Kier molecular flexibility index (Phi) is 9.46. The second kappa shape index (κ2) is 11.8. The van der Waals surface area contributed by atoms with E-state index in [2.05, 4.69) is 62.8 Å². The second-order valence-electron chi connectivity index (χ2n) is 6.42. The molecule has 2 heterocycles. The maximum Gasteiger partial charge on any atom is 0.191 e. The van der Waals surface area contributed by atoms with Crippen LogP contribution in [0.5, 0.6) is 0 Å². The van der Waals surface area contributed by atoms with Gasteiger partial charge in [0.05, 0.1) is 0 Å². The molecule has 29 heavy (non-hydrogen) atoms. The van der Waals surface area contributed by atoms with Crippen LogP contribution in [0.4, 0.5) is 0 Å². The summed E-state index contributed by atoms with van der Waals surface area (Å²) in [6, 6.07) is 14.5. The third kappa shape index (κ3) is 7.04. The van der Waals surface area contributed by atoms with Gasteiger partial charge >= 0.3 is 0 Å². The summed E-state index contributed by atoms with van der Waals surface area (Å²) in [7, 11) is 1.79. The maximum absolute atomic E-state index is 4.53. The first-order valence-corrected chi connectivity index (χ1v) is 10.1. The fourth-order valence-corrected chi connectivity index (χ4v) is 3.65. The molecule has 3 aromatic rings. The van der Waals surface area contributed by atoms with Crippen molar-refractivity contribution in [2.75, 3.05) is 13.6 Å². The number of imidazole rings is 1. The Morgan fingerprint density at radius 1 is 1.14 bits per heavy atom. The van der Waals surface area contributed by atoms with E-state index >= 15 is 0 Å². The highest BCUT2D eigenvalue weighted by Crippen LogP contribution is 2.21. The highest BCUT2D eigenvalue weighted by atomic mass is 127. The lowest BCUT2D eigenvalue weighted by Gasteiger charge is -2.16. The van der Waals surface area contributed by atoms with E-state index in [9.17, 15) is 0 Å². The smallest absolute Gasteiger partial charge is 0.191 e. The molecule has 0 aliphatic carbocycles. The summed E-state index contributed by atoms with van der Waals surface area (Å²) in [5, 5.41) is 7.16. The molecule has 0 fully saturated rings. The number of hydrogen-bond donors (Lipinski definition) is 2. The van der Waals surface area contributed by atoms with Crippen molar-refractivity contribution in [3.63, 3.8) is 0 Å². The van der Waals surface area contributed by atoms with E-state index in [1.807, 2.05) is 47.8 Å². The number of nitrogens with zero attached hydrogens (tertiary/aromatic N) is 4. The molecule has 2 N–H and O–H groups in total. The molecule has 1 aromatic carbocycles. The lowest BCUT2D eigenvalue weighted by atomic mass is 10.3. The monoisotopic (exact) mass is 522 g/mol. The standard InChI is InChI=1S/C21H26N6S.HI/c1-16(28-19-7-5-4-6-8-19)13-25-21(22-3)26-15-18-9-10-20(24-14-18)27-12-11-23-17(27)2;/h4-12,14,16H,13,15H2,1-3H3,(H2,22,25,26);1H. The van der Waals surface area contributed by atoms with Crippen LogP contribution in [0, 0.1) is 6.92 Å². The van der Waals surface area contributed by atoms with Crippen LogP contribution in [0.25, 0.3) is 5.82 Å². The van der Waals surface area contributed by atoms with Gasteiger partial charge in [-0.05, 0) is 30.7 Å². The van der Waals surface area contributed by atoms with Crippen LogP contribution in [0.3, 0.4) is 0 Å². The van der Waals surface area contributed by atoms with Gasteiger partial charge in [0.2, 0.25) is 0 Å². The molecular formula is C21H27IN6S. The first-order valence-electron chi connectivity index (χ1n) is 9.27. The lowest BCUT2D eigenvalue weighted by molar-refractivity contribution is 0.787. The number of pyridine rings is 1. The highest BCUT2D eigenvalue weighted by molar-refractivity contribution is 14.0. The topological polar surface area (TPSA) is 67.1 Å². The van der Waals surface area contributed by atoms with Crippen molar-refractivity contribution in [1.29, 1.82) is 0 Å². The summed E-state index contributed by atoms with van der Waals surface area (Å²) >= 11 is 1.85. The van der Waals surface area contributed by atoms with Gasteiger partial charge in [-0.2, -0.15) is 0 Å². The van der Waals surface area contributed by atoms with Crippen LogP contribution in [0.1, 0.15) is 18.3 Å². The predicted octanol–water partition coefficient (Wildman–Crippen LogP) is 4.04. The molecule has 0 bridgehead atoms. The van der Waals surface area contributed by atoms with Crippen LogP contribution in [0.15, 0.2) is 70.9 Å². The van der Waals surface area contributed by atoms with Crippen molar-refractivity contribution in [3.05, 3.63) is 72.4 Å². The number of thioether (sulfide) groups is 1. The minimum atomic E-state index is 0. The van der Waals surface area contributed by atoms with Gasteiger partial charge in [0.15, 0.2) is 5.96 Å². The van der Waals surface area contributed by atoms with Gasteiger partial charge in [-0.1, -0.05) is 31.2 Å². The van der Waals surface area contributed by atoms with Crippen LogP contribution in [-0.4, -0.2) is 39.3 Å². The summed E-state index contributed by atoms with van der Waals surface area (Å²) in [4.78, 5) is 14.3. The molecule has 0 amide bonds. The van der Waals surface area contributed by atoms with Gasteiger partial charge in [0.25, 0.3) is 0 Å². The number of nitrogens with one attached hydrogen (secondary N) is 2. The van der Waals surface area contributed by atoms with E-state index < -0.39 is 0 Å². The minimum absolute atomic E-state index is 0. The first-order chi connectivity index (χ1) is 13.7. The van der Waals surface area contributed by atoms with Crippen LogP contribution < -0.4 is 10.6 Å². The molecule has 1 atom stereocenters. The fraction of sp³-hybridized carbons (Fsp3) is 0.286. The molecule has 0 radical (unpaired) electrons. The molecule has 0 aliphatic rings. The summed E-state index contributed by atoms with van der Waals surface area (Å²) in [5.41, 5.74) is 1.09. The summed E-state index contributed by atoms with van der Waals surface area (Å²) in [6.07, 6.45) is 5.57. The summed E-state index contributed by atoms with van der Waals surface area (Å²) in [6.45, 7) is 5.66. The van der Waals surface area contributed by atoms with Crippen molar-refractivity contribution in [2.45, 2.75) is 30.5 Å². The normalized spacial score (nSPS) is 12.2. The number of aromatic nitrogens is 3. The van der Waals surface area contributed by atoms with Crippen molar-refractivity contribution in [1.82, 2.24) is 25.2 Å². The summed E-state index contributed by atoms with van der Waals surface area (Å²) in [5.74, 6) is 2.58. The number of guanidine groups is 1. The van der Waals surface area contributed by atoms with Crippen molar-refractivity contribution >= 4 is 41.7 Å². The van der Waals surface area contributed by atoms with Crippen molar-refractivity contribution in [3.8, 4) is 5.82 Å². The zero-order valence-corrected chi connectivity index (χ0v) is 20.0. The Labute approximate surface area is 193 Å². The Hall–Kier alpha value is -2.07. The lowest BCUT2D eigenvalue weighted by Crippen LogP contribution is -2.39. The zero-order valence-electron chi connectivity index (χ0n) is 16.9. The molecule has 2 aromatic heterocycles. The van der Waals surface area contributed by atoms with E-state index in [1.165, 1.54) is 4.90 Å².